The molecule has 3 N–H and O–H groups in total. The molecule has 4 heteroatoms. The van der Waals surface area contributed by atoms with Crippen LogP contribution in [0.1, 0.15) is 41.4 Å². The third-order valence-electron chi connectivity index (χ3n) is 3.10. The van der Waals surface area contributed by atoms with Gasteiger partial charge >= 0.3 is 0 Å². The van der Waals surface area contributed by atoms with Crippen LogP contribution in [-0.2, 0) is 6.54 Å². The van der Waals surface area contributed by atoms with Crippen LogP contribution in [0.4, 0.5) is 5.82 Å². The molecular weight excluding hydrogens is 250 g/mol. The minimum atomic E-state index is -0.217. The molecule has 0 fully saturated rings. The van der Waals surface area contributed by atoms with Gasteiger partial charge in [0.25, 0.3) is 5.91 Å². The summed E-state index contributed by atoms with van der Waals surface area (Å²) in [6.07, 6.45) is 0. The van der Waals surface area contributed by atoms with Gasteiger partial charge < -0.3 is 11.1 Å². The van der Waals surface area contributed by atoms with Crippen LogP contribution >= 0.6 is 0 Å². The number of nitrogen functional groups attached to an aromatic ring is 1. The molecule has 0 atom stereocenters. The Hall–Kier alpha value is -2.36. The number of pyridine rings is 1. The molecule has 2 aromatic rings. The lowest BCUT2D eigenvalue weighted by Gasteiger charge is -2.08. The molecule has 0 unspecified atom stereocenters. The quantitative estimate of drug-likeness (QED) is 0.896. The summed E-state index contributed by atoms with van der Waals surface area (Å²) < 4.78 is 0. The molecule has 0 spiro atoms. The highest BCUT2D eigenvalue weighted by Crippen LogP contribution is 2.14. The molecule has 0 saturated heterocycles. The molecule has 0 aliphatic rings. The van der Waals surface area contributed by atoms with E-state index in [1.165, 1.54) is 5.56 Å². The van der Waals surface area contributed by atoms with Crippen molar-refractivity contribution in [3.05, 3.63) is 59.3 Å². The highest BCUT2D eigenvalue weighted by molar-refractivity contribution is 5.92. The Morgan fingerprint density at radius 1 is 1.20 bits per heavy atom. The number of carbonyl (C=O) groups excluding carboxylic acids is 1. The molecule has 1 aromatic heterocycles. The summed E-state index contributed by atoms with van der Waals surface area (Å²) in [4.78, 5) is 15.9. The van der Waals surface area contributed by atoms with Crippen LogP contribution in [-0.4, -0.2) is 10.9 Å². The second-order valence-corrected chi connectivity index (χ2v) is 5.03. The molecule has 0 aliphatic carbocycles. The summed E-state index contributed by atoms with van der Waals surface area (Å²) in [6.45, 7) is 4.79. The summed E-state index contributed by atoms with van der Waals surface area (Å²) in [7, 11) is 0. The van der Waals surface area contributed by atoms with E-state index in [0.29, 0.717) is 24.0 Å². The molecule has 2 rings (SSSR count). The lowest BCUT2D eigenvalue weighted by Crippen LogP contribution is -2.24. The fourth-order valence-electron chi connectivity index (χ4n) is 1.87. The van der Waals surface area contributed by atoms with Crippen LogP contribution in [0.3, 0.4) is 0 Å². The first-order valence-electron chi connectivity index (χ1n) is 6.66. The van der Waals surface area contributed by atoms with Crippen LogP contribution in [0.2, 0.25) is 0 Å². The van der Waals surface area contributed by atoms with Crippen molar-refractivity contribution in [1.29, 1.82) is 0 Å². The average Bonchev–Trinajstić information content (AvgIpc) is 2.45. The van der Waals surface area contributed by atoms with E-state index in [2.05, 4.69) is 36.3 Å². The maximum atomic E-state index is 11.9. The third-order valence-corrected chi connectivity index (χ3v) is 3.10. The number of rotatable bonds is 4. The van der Waals surface area contributed by atoms with Crippen molar-refractivity contribution in [1.82, 2.24) is 10.3 Å². The second kappa shape index (κ2) is 6.19. The zero-order chi connectivity index (χ0) is 14.5. The van der Waals surface area contributed by atoms with Crippen LogP contribution in [0, 0.1) is 0 Å². The third kappa shape index (κ3) is 3.57. The number of carbonyl (C=O) groups is 1. The minimum Gasteiger partial charge on any atom is -0.384 e. The van der Waals surface area contributed by atoms with E-state index in [9.17, 15) is 4.79 Å². The predicted octanol–water partition coefficient (Wildman–Crippen LogP) is 2.72. The van der Waals surface area contributed by atoms with Gasteiger partial charge in [0, 0.05) is 6.54 Å². The van der Waals surface area contributed by atoms with Crippen molar-refractivity contribution in [2.24, 2.45) is 0 Å². The van der Waals surface area contributed by atoms with E-state index in [0.717, 1.165) is 5.56 Å². The van der Waals surface area contributed by atoms with Crippen molar-refractivity contribution in [3.8, 4) is 0 Å². The largest absolute Gasteiger partial charge is 0.384 e. The Kier molecular flexibility index (Phi) is 4.35. The molecule has 0 bridgehead atoms. The Morgan fingerprint density at radius 3 is 2.50 bits per heavy atom. The zero-order valence-corrected chi connectivity index (χ0v) is 11.8. The van der Waals surface area contributed by atoms with Gasteiger partial charge in [-0.05, 0) is 29.2 Å². The van der Waals surface area contributed by atoms with Gasteiger partial charge in [0.05, 0.1) is 0 Å². The highest BCUT2D eigenvalue weighted by atomic mass is 16.1. The lowest BCUT2D eigenvalue weighted by atomic mass is 10.0. The molecule has 0 radical (unpaired) electrons. The van der Waals surface area contributed by atoms with Gasteiger partial charge in [0.15, 0.2) is 0 Å². The van der Waals surface area contributed by atoms with Gasteiger partial charge in [-0.15, -0.1) is 0 Å². The minimum absolute atomic E-state index is 0.217. The van der Waals surface area contributed by atoms with Gasteiger partial charge in [0.2, 0.25) is 0 Å². The van der Waals surface area contributed by atoms with Gasteiger partial charge in [-0.25, -0.2) is 4.98 Å². The number of aromatic nitrogens is 1. The van der Waals surface area contributed by atoms with Gasteiger partial charge in [0.1, 0.15) is 11.5 Å². The van der Waals surface area contributed by atoms with Crippen molar-refractivity contribution >= 4 is 11.7 Å². The molecule has 1 amide bonds. The van der Waals surface area contributed by atoms with Gasteiger partial charge in [-0.2, -0.15) is 0 Å². The number of hydrogen-bond acceptors (Lipinski definition) is 3. The molecular formula is C16H19N3O. The number of anilines is 1. The maximum absolute atomic E-state index is 11.9. The first-order chi connectivity index (χ1) is 9.56. The molecule has 1 heterocycles. The zero-order valence-electron chi connectivity index (χ0n) is 11.8. The standard InChI is InChI=1S/C16H19N3O/c1-11(2)13-8-6-12(7-9-13)10-18-16(20)14-4-3-5-15(17)19-14/h3-9,11H,10H2,1-2H3,(H2,17,19)(H,18,20). The lowest BCUT2D eigenvalue weighted by molar-refractivity contribution is 0.0946. The SMILES string of the molecule is CC(C)c1ccc(CNC(=O)c2cccc(N)n2)cc1. The van der Waals surface area contributed by atoms with Crippen LogP contribution in [0.15, 0.2) is 42.5 Å². The van der Waals surface area contributed by atoms with E-state index < -0.39 is 0 Å². The molecule has 104 valence electrons. The number of benzene rings is 1. The molecule has 0 aliphatic heterocycles. The number of nitrogens with one attached hydrogen (secondary N) is 1. The van der Waals surface area contributed by atoms with E-state index >= 15 is 0 Å². The first-order valence-corrected chi connectivity index (χ1v) is 6.66. The predicted molar refractivity (Wildman–Crippen MR) is 80.4 cm³/mol. The first kappa shape index (κ1) is 14.1. The Morgan fingerprint density at radius 2 is 1.90 bits per heavy atom. The van der Waals surface area contributed by atoms with E-state index in [1.54, 1.807) is 18.2 Å². The summed E-state index contributed by atoms with van der Waals surface area (Å²) in [5.74, 6) is 0.638. The highest BCUT2D eigenvalue weighted by Gasteiger charge is 2.07. The maximum Gasteiger partial charge on any atom is 0.270 e. The van der Waals surface area contributed by atoms with Crippen molar-refractivity contribution < 1.29 is 4.79 Å². The van der Waals surface area contributed by atoms with Crippen molar-refractivity contribution in [2.75, 3.05) is 5.73 Å². The van der Waals surface area contributed by atoms with Gasteiger partial charge in [-0.3, -0.25) is 4.79 Å². The van der Waals surface area contributed by atoms with E-state index in [4.69, 9.17) is 5.73 Å². The Balaban J connectivity index is 1.96. The number of hydrogen-bond donors (Lipinski definition) is 2. The molecule has 0 saturated carbocycles. The number of nitrogens with zero attached hydrogens (tertiary/aromatic N) is 1. The van der Waals surface area contributed by atoms with Gasteiger partial charge in [-0.1, -0.05) is 44.2 Å². The Labute approximate surface area is 119 Å². The van der Waals surface area contributed by atoms with Crippen LogP contribution in [0.25, 0.3) is 0 Å². The second-order valence-electron chi connectivity index (χ2n) is 5.03. The summed E-state index contributed by atoms with van der Waals surface area (Å²) in [5.41, 5.74) is 8.25. The van der Waals surface area contributed by atoms with Crippen molar-refractivity contribution in [2.45, 2.75) is 26.3 Å². The van der Waals surface area contributed by atoms with Crippen LogP contribution in [0.5, 0.6) is 0 Å². The topological polar surface area (TPSA) is 68.0 Å². The summed E-state index contributed by atoms with van der Waals surface area (Å²) in [6, 6.07) is 13.3. The average molecular weight is 269 g/mol. The molecule has 4 nitrogen and oxygen atoms in total. The molecule has 1 aromatic carbocycles. The smallest absolute Gasteiger partial charge is 0.270 e. The van der Waals surface area contributed by atoms with Crippen molar-refractivity contribution in [3.63, 3.8) is 0 Å². The Bertz CT molecular complexity index is 591. The number of nitrogens with two attached hydrogens (primary N) is 1. The monoisotopic (exact) mass is 269 g/mol. The van der Waals surface area contributed by atoms with E-state index in [-0.39, 0.29) is 5.91 Å². The molecule has 20 heavy (non-hydrogen) atoms. The van der Waals surface area contributed by atoms with E-state index in [1.807, 2.05) is 12.1 Å². The summed E-state index contributed by atoms with van der Waals surface area (Å²) in [5, 5.41) is 2.83. The van der Waals surface area contributed by atoms with Crippen LogP contribution < -0.4 is 11.1 Å². The normalized spacial score (nSPS) is 10.6. The number of amides is 1. The fraction of sp³-hybridized carbons (Fsp3) is 0.250. The summed E-state index contributed by atoms with van der Waals surface area (Å²) >= 11 is 0. The fourth-order valence-corrected chi connectivity index (χ4v) is 1.87.